The van der Waals surface area contributed by atoms with Crippen molar-refractivity contribution in [2.45, 2.75) is 0 Å². The third-order valence-corrected chi connectivity index (χ3v) is 1.37. The van der Waals surface area contributed by atoms with Crippen LogP contribution in [-0.2, 0) is 11.8 Å². The second-order valence-corrected chi connectivity index (χ2v) is 2.19. The van der Waals surface area contributed by atoms with Crippen LogP contribution in [0.4, 0.5) is 16.3 Å². The Labute approximate surface area is 69.3 Å². The van der Waals surface area contributed by atoms with Gasteiger partial charge in [0.1, 0.15) is 0 Å². The van der Waals surface area contributed by atoms with Gasteiger partial charge in [-0.3, -0.25) is 10.00 Å². The number of aryl methyl sites for hydroxylation is 1. The van der Waals surface area contributed by atoms with E-state index < -0.39 is 6.09 Å². The molecule has 66 valence electrons. The van der Waals surface area contributed by atoms with Gasteiger partial charge in [0.25, 0.3) is 0 Å². The Morgan fingerprint density at radius 2 is 2.50 bits per heavy atom. The van der Waals surface area contributed by atoms with Crippen molar-refractivity contribution >= 4 is 17.6 Å². The zero-order chi connectivity index (χ0) is 9.14. The highest BCUT2D eigenvalue weighted by molar-refractivity contribution is 5.87. The number of aromatic nitrogens is 2. The largest absolute Gasteiger partial charge is 0.453 e. The number of amides is 1. The van der Waals surface area contributed by atoms with Gasteiger partial charge in [-0.05, 0) is 0 Å². The van der Waals surface area contributed by atoms with Crippen molar-refractivity contribution in [3.8, 4) is 0 Å². The Morgan fingerprint density at radius 3 is 2.92 bits per heavy atom. The van der Waals surface area contributed by atoms with Gasteiger partial charge in [0.15, 0.2) is 5.82 Å². The molecule has 12 heavy (non-hydrogen) atoms. The van der Waals surface area contributed by atoms with Crippen molar-refractivity contribution in [2.75, 3.05) is 18.2 Å². The highest BCUT2D eigenvalue weighted by Crippen LogP contribution is 2.15. The fourth-order valence-corrected chi connectivity index (χ4v) is 0.755. The number of nitrogen functional groups attached to an aromatic ring is 1. The summed E-state index contributed by atoms with van der Waals surface area (Å²) in [6.07, 6.45) is 0.885. The number of rotatable bonds is 1. The van der Waals surface area contributed by atoms with Crippen LogP contribution in [-0.4, -0.2) is 23.0 Å². The number of carbonyl (C=O) groups excluding carboxylic acids is 1. The number of methoxy groups -OCH3 is 1. The van der Waals surface area contributed by atoms with E-state index in [1.165, 1.54) is 18.0 Å². The van der Waals surface area contributed by atoms with E-state index in [0.717, 1.165) is 0 Å². The van der Waals surface area contributed by atoms with Crippen LogP contribution >= 0.6 is 0 Å². The van der Waals surface area contributed by atoms with Gasteiger partial charge >= 0.3 is 6.09 Å². The highest BCUT2D eigenvalue weighted by Gasteiger charge is 2.08. The molecule has 1 rings (SSSR count). The maximum atomic E-state index is 10.8. The number of anilines is 2. The van der Waals surface area contributed by atoms with E-state index in [2.05, 4.69) is 15.2 Å². The van der Waals surface area contributed by atoms with Gasteiger partial charge in [-0.25, -0.2) is 4.79 Å². The van der Waals surface area contributed by atoms with Gasteiger partial charge in [0.2, 0.25) is 0 Å². The van der Waals surface area contributed by atoms with Crippen molar-refractivity contribution in [2.24, 2.45) is 7.05 Å². The summed E-state index contributed by atoms with van der Waals surface area (Å²) in [6, 6.07) is 0. The van der Waals surface area contributed by atoms with Crippen molar-refractivity contribution in [1.82, 2.24) is 9.78 Å². The van der Waals surface area contributed by atoms with Crippen LogP contribution in [0.5, 0.6) is 0 Å². The molecule has 1 aromatic heterocycles. The minimum absolute atomic E-state index is 0.405. The summed E-state index contributed by atoms with van der Waals surface area (Å²) in [7, 11) is 2.95. The third kappa shape index (κ3) is 1.47. The molecule has 3 N–H and O–H groups in total. The molecule has 0 unspecified atom stereocenters. The summed E-state index contributed by atoms with van der Waals surface area (Å²) in [5, 5.41) is 6.25. The molecule has 0 saturated heterocycles. The normalized spacial score (nSPS) is 9.50. The maximum absolute atomic E-state index is 10.8. The molecule has 1 aromatic rings. The predicted octanol–water partition coefficient (Wildman–Crippen LogP) is 0.181. The van der Waals surface area contributed by atoms with Gasteiger partial charge in [-0.15, -0.1) is 0 Å². The van der Waals surface area contributed by atoms with Crippen molar-refractivity contribution in [3.05, 3.63) is 6.20 Å². The third-order valence-electron chi connectivity index (χ3n) is 1.37. The lowest BCUT2D eigenvalue weighted by molar-refractivity contribution is 0.186. The second-order valence-electron chi connectivity index (χ2n) is 2.19. The molecular formula is C6H10N4O2. The molecule has 0 spiro atoms. The predicted molar refractivity (Wildman–Crippen MR) is 43.6 cm³/mol. The topological polar surface area (TPSA) is 82.2 Å². The van der Waals surface area contributed by atoms with Crippen LogP contribution < -0.4 is 11.1 Å². The van der Waals surface area contributed by atoms with E-state index in [9.17, 15) is 4.79 Å². The van der Waals surface area contributed by atoms with Crippen LogP contribution in [0.1, 0.15) is 0 Å². The summed E-state index contributed by atoms with van der Waals surface area (Å²) < 4.78 is 5.84. The summed E-state index contributed by atoms with van der Waals surface area (Å²) in [5.41, 5.74) is 5.90. The molecule has 0 aliphatic heterocycles. The number of nitrogens with zero attached hydrogens (tertiary/aromatic N) is 2. The quantitative estimate of drug-likeness (QED) is 0.629. The van der Waals surface area contributed by atoms with E-state index in [-0.39, 0.29) is 0 Å². The molecule has 0 saturated carbocycles. The van der Waals surface area contributed by atoms with Crippen LogP contribution in [0, 0.1) is 0 Å². The fraction of sp³-hybridized carbons (Fsp3) is 0.333. The first-order valence-electron chi connectivity index (χ1n) is 3.27. The lowest BCUT2D eigenvalue weighted by atomic mass is 10.5. The lowest BCUT2D eigenvalue weighted by Crippen LogP contribution is -2.14. The Kier molecular flexibility index (Phi) is 2.18. The van der Waals surface area contributed by atoms with E-state index in [4.69, 9.17) is 5.73 Å². The molecule has 1 heterocycles. The van der Waals surface area contributed by atoms with Gasteiger partial charge < -0.3 is 10.5 Å². The van der Waals surface area contributed by atoms with Gasteiger partial charge in [0.05, 0.1) is 19.0 Å². The fourth-order valence-electron chi connectivity index (χ4n) is 0.755. The zero-order valence-corrected chi connectivity index (χ0v) is 6.87. The first-order chi connectivity index (χ1) is 5.65. The molecule has 0 atom stereocenters. The van der Waals surface area contributed by atoms with Crippen molar-refractivity contribution in [1.29, 1.82) is 0 Å². The van der Waals surface area contributed by atoms with E-state index in [1.807, 2.05) is 0 Å². The van der Waals surface area contributed by atoms with Crippen LogP contribution in [0.15, 0.2) is 6.20 Å². The molecule has 6 nitrogen and oxygen atoms in total. The standard InChI is InChI=1S/C6H10N4O2/c1-10-5(4(7)3-8-10)9-6(11)12-2/h3H,7H2,1-2H3,(H,9,11). The second kappa shape index (κ2) is 3.12. The summed E-state index contributed by atoms with van der Waals surface area (Å²) in [4.78, 5) is 10.8. The lowest BCUT2D eigenvalue weighted by Gasteiger charge is -2.03. The molecule has 0 aliphatic rings. The summed E-state index contributed by atoms with van der Waals surface area (Å²) >= 11 is 0. The maximum Gasteiger partial charge on any atom is 0.412 e. The summed E-state index contributed by atoms with van der Waals surface area (Å²) in [6.45, 7) is 0. The summed E-state index contributed by atoms with van der Waals surface area (Å²) in [5.74, 6) is 0.432. The SMILES string of the molecule is COC(=O)Nc1c(N)cnn1C. The molecule has 6 heteroatoms. The average Bonchev–Trinajstić information content (AvgIpc) is 2.35. The van der Waals surface area contributed by atoms with Crippen LogP contribution in [0.3, 0.4) is 0 Å². The number of hydrogen-bond acceptors (Lipinski definition) is 4. The van der Waals surface area contributed by atoms with Crippen molar-refractivity contribution in [3.63, 3.8) is 0 Å². The highest BCUT2D eigenvalue weighted by atomic mass is 16.5. The van der Waals surface area contributed by atoms with Crippen molar-refractivity contribution < 1.29 is 9.53 Å². The monoisotopic (exact) mass is 170 g/mol. The van der Waals surface area contributed by atoms with E-state index in [1.54, 1.807) is 7.05 Å². The van der Waals surface area contributed by atoms with Crippen LogP contribution in [0.2, 0.25) is 0 Å². The molecule has 0 radical (unpaired) electrons. The molecule has 0 bridgehead atoms. The first kappa shape index (κ1) is 8.38. The number of nitrogens with two attached hydrogens (primary N) is 1. The minimum atomic E-state index is -0.565. The number of hydrogen-bond donors (Lipinski definition) is 2. The smallest absolute Gasteiger partial charge is 0.412 e. The minimum Gasteiger partial charge on any atom is -0.453 e. The molecule has 0 aromatic carbocycles. The number of nitrogens with one attached hydrogen (secondary N) is 1. The van der Waals surface area contributed by atoms with E-state index >= 15 is 0 Å². The number of ether oxygens (including phenoxy) is 1. The Balaban J connectivity index is 2.80. The average molecular weight is 170 g/mol. The Hall–Kier alpha value is -1.72. The Morgan fingerprint density at radius 1 is 1.83 bits per heavy atom. The van der Waals surface area contributed by atoms with Gasteiger partial charge in [-0.2, -0.15) is 5.10 Å². The van der Waals surface area contributed by atoms with Gasteiger partial charge in [-0.1, -0.05) is 0 Å². The first-order valence-corrected chi connectivity index (χ1v) is 3.27. The zero-order valence-electron chi connectivity index (χ0n) is 6.87. The van der Waals surface area contributed by atoms with E-state index in [0.29, 0.717) is 11.5 Å². The van der Waals surface area contributed by atoms with Gasteiger partial charge in [0, 0.05) is 7.05 Å². The van der Waals surface area contributed by atoms with Crippen LogP contribution in [0.25, 0.3) is 0 Å². The molecular weight excluding hydrogens is 160 g/mol. The number of carbonyl (C=O) groups is 1. The molecule has 0 aliphatic carbocycles. The Bertz CT molecular complexity index is 274. The molecule has 1 amide bonds. The molecule has 0 fully saturated rings.